The Kier molecular flexibility index (Phi) is 7.24. The molecule has 0 aromatic heterocycles. The van der Waals surface area contributed by atoms with Gasteiger partial charge in [0, 0.05) is 13.7 Å². The lowest BCUT2D eigenvalue weighted by Crippen LogP contribution is -2.20. The van der Waals surface area contributed by atoms with Crippen LogP contribution in [0.15, 0.2) is 18.2 Å². The third kappa shape index (κ3) is 5.45. The van der Waals surface area contributed by atoms with E-state index in [0.29, 0.717) is 23.2 Å². The molecule has 1 rings (SSSR count). The average Bonchev–Trinajstić information content (AvgIpc) is 2.30. The van der Waals surface area contributed by atoms with E-state index >= 15 is 0 Å². The summed E-state index contributed by atoms with van der Waals surface area (Å²) in [5.74, 6) is 0. The second-order valence-electron chi connectivity index (χ2n) is 3.73. The highest BCUT2D eigenvalue weighted by molar-refractivity contribution is 6.42. The molecule has 5 heteroatoms. The Labute approximate surface area is 117 Å². The normalized spacial score (nSPS) is 12.7. The van der Waals surface area contributed by atoms with Gasteiger partial charge in [0.15, 0.2) is 0 Å². The summed E-state index contributed by atoms with van der Waals surface area (Å²) in [5, 5.41) is 4.52. The molecule has 1 N–H and O–H groups in total. The average molecular weight is 297 g/mol. The van der Waals surface area contributed by atoms with Crippen LogP contribution in [0, 0.1) is 0 Å². The van der Waals surface area contributed by atoms with Gasteiger partial charge in [-0.2, -0.15) is 0 Å². The molecule has 0 amide bonds. The first-order chi connectivity index (χ1) is 8.15. The maximum Gasteiger partial charge on any atom is 0.0637 e. The number of nitrogens with one attached hydrogen (secondary N) is 1. The summed E-state index contributed by atoms with van der Waals surface area (Å²) < 4.78 is 4.96. The molecule has 1 atom stereocenters. The number of ether oxygens (including phenoxy) is 1. The number of halogens is 3. The van der Waals surface area contributed by atoms with Crippen molar-refractivity contribution in [3.05, 3.63) is 33.8 Å². The standard InChI is InChI=1S/C12H16Cl3NO/c1-17-8-10(13)5-6-16-7-9-3-2-4-11(14)12(9)15/h2-4,10,16H,5-8H2,1H3. The van der Waals surface area contributed by atoms with Gasteiger partial charge in [0.05, 0.1) is 22.0 Å². The van der Waals surface area contributed by atoms with Crippen molar-refractivity contribution >= 4 is 34.8 Å². The number of rotatable bonds is 7. The largest absolute Gasteiger partial charge is 0.383 e. The van der Waals surface area contributed by atoms with Gasteiger partial charge in [-0.1, -0.05) is 35.3 Å². The molecular formula is C12H16Cl3NO. The van der Waals surface area contributed by atoms with E-state index in [2.05, 4.69) is 5.32 Å². The van der Waals surface area contributed by atoms with Gasteiger partial charge in [0.1, 0.15) is 0 Å². The number of hydrogen-bond acceptors (Lipinski definition) is 2. The molecule has 0 aliphatic heterocycles. The molecule has 0 radical (unpaired) electrons. The van der Waals surface area contributed by atoms with Crippen molar-refractivity contribution in [2.24, 2.45) is 0 Å². The zero-order valence-corrected chi connectivity index (χ0v) is 11.9. The van der Waals surface area contributed by atoms with Crippen LogP contribution in [0.2, 0.25) is 10.0 Å². The fourth-order valence-electron chi connectivity index (χ4n) is 1.43. The highest BCUT2D eigenvalue weighted by Crippen LogP contribution is 2.25. The predicted octanol–water partition coefficient (Wildman–Crippen LogP) is 3.73. The van der Waals surface area contributed by atoms with Crippen LogP contribution in [-0.4, -0.2) is 25.6 Å². The summed E-state index contributed by atoms with van der Waals surface area (Å²) in [4.78, 5) is 0. The second-order valence-corrected chi connectivity index (χ2v) is 5.13. The minimum atomic E-state index is 0.0438. The van der Waals surface area contributed by atoms with Crippen LogP contribution in [0.3, 0.4) is 0 Å². The van der Waals surface area contributed by atoms with E-state index in [0.717, 1.165) is 18.5 Å². The highest BCUT2D eigenvalue weighted by Gasteiger charge is 2.05. The van der Waals surface area contributed by atoms with E-state index < -0.39 is 0 Å². The minimum absolute atomic E-state index is 0.0438. The molecule has 1 unspecified atom stereocenters. The van der Waals surface area contributed by atoms with Crippen molar-refractivity contribution in [3.8, 4) is 0 Å². The zero-order chi connectivity index (χ0) is 12.7. The van der Waals surface area contributed by atoms with E-state index in [4.69, 9.17) is 39.5 Å². The Morgan fingerprint density at radius 1 is 1.35 bits per heavy atom. The Hall–Kier alpha value is 0.01000. The third-order valence-electron chi connectivity index (χ3n) is 2.33. The summed E-state index contributed by atoms with van der Waals surface area (Å²) >= 11 is 18.0. The van der Waals surface area contributed by atoms with Gasteiger partial charge in [-0.15, -0.1) is 11.6 Å². The van der Waals surface area contributed by atoms with Crippen LogP contribution in [0.25, 0.3) is 0 Å². The molecule has 0 heterocycles. The van der Waals surface area contributed by atoms with E-state index in [1.807, 2.05) is 12.1 Å². The van der Waals surface area contributed by atoms with Crippen molar-refractivity contribution in [1.82, 2.24) is 5.32 Å². The smallest absolute Gasteiger partial charge is 0.0637 e. The molecule has 0 aliphatic carbocycles. The molecule has 96 valence electrons. The van der Waals surface area contributed by atoms with Gasteiger partial charge in [-0.05, 0) is 24.6 Å². The Morgan fingerprint density at radius 3 is 2.82 bits per heavy atom. The van der Waals surface area contributed by atoms with Crippen molar-refractivity contribution in [3.63, 3.8) is 0 Å². The lowest BCUT2D eigenvalue weighted by molar-refractivity contribution is 0.195. The second kappa shape index (κ2) is 8.17. The summed E-state index contributed by atoms with van der Waals surface area (Å²) in [6.07, 6.45) is 0.855. The number of hydrogen-bond donors (Lipinski definition) is 1. The van der Waals surface area contributed by atoms with Gasteiger partial charge in [0.2, 0.25) is 0 Å². The van der Waals surface area contributed by atoms with Gasteiger partial charge in [-0.25, -0.2) is 0 Å². The molecule has 0 saturated heterocycles. The minimum Gasteiger partial charge on any atom is -0.383 e. The Morgan fingerprint density at radius 2 is 2.12 bits per heavy atom. The lowest BCUT2D eigenvalue weighted by atomic mass is 10.2. The summed E-state index contributed by atoms with van der Waals surface area (Å²) in [6, 6.07) is 5.62. The molecule has 0 bridgehead atoms. The highest BCUT2D eigenvalue weighted by atomic mass is 35.5. The first kappa shape index (κ1) is 15.1. The zero-order valence-electron chi connectivity index (χ0n) is 9.68. The van der Waals surface area contributed by atoms with Crippen LogP contribution in [-0.2, 0) is 11.3 Å². The molecule has 0 fully saturated rings. The Bertz CT molecular complexity index is 347. The third-order valence-corrected chi connectivity index (χ3v) is 3.53. The van der Waals surface area contributed by atoms with Crippen molar-refractivity contribution in [1.29, 1.82) is 0 Å². The van der Waals surface area contributed by atoms with Crippen LogP contribution in [0.1, 0.15) is 12.0 Å². The molecule has 1 aromatic carbocycles. The fraction of sp³-hybridized carbons (Fsp3) is 0.500. The Balaban J connectivity index is 2.29. The van der Waals surface area contributed by atoms with Crippen LogP contribution < -0.4 is 5.32 Å². The molecule has 1 aromatic rings. The monoisotopic (exact) mass is 295 g/mol. The van der Waals surface area contributed by atoms with Crippen molar-refractivity contribution in [2.75, 3.05) is 20.3 Å². The summed E-state index contributed by atoms with van der Waals surface area (Å²) in [5.41, 5.74) is 0.997. The molecule has 0 aliphatic rings. The fourth-order valence-corrected chi connectivity index (χ4v) is 2.05. The van der Waals surface area contributed by atoms with Crippen LogP contribution in [0.5, 0.6) is 0 Å². The summed E-state index contributed by atoms with van der Waals surface area (Å²) in [7, 11) is 1.65. The maximum absolute atomic E-state index is 6.07. The van der Waals surface area contributed by atoms with E-state index in [9.17, 15) is 0 Å². The topological polar surface area (TPSA) is 21.3 Å². The molecule has 0 spiro atoms. The number of alkyl halides is 1. The molecule has 17 heavy (non-hydrogen) atoms. The van der Waals surface area contributed by atoms with Gasteiger partial charge < -0.3 is 10.1 Å². The lowest BCUT2D eigenvalue weighted by Gasteiger charge is -2.10. The van der Waals surface area contributed by atoms with Crippen LogP contribution in [0.4, 0.5) is 0 Å². The molecule has 2 nitrogen and oxygen atoms in total. The quantitative estimate of drug-likeness (QED) is 0.611. The van der Waals surface area contributed by atoms with E-state index in [-0.39, 0.29) is 5.38 Å². The van der Waals surface area contributed by atoms with Gasteiger partial charge in [0.25, 0.3) is 0 Å². The first-order valence-electron chi connectivity index (χ1n) is 5.41. The van der Waals surface area contributed by atoms with Gasteiger partial charge >= 0.3 is 0 Å². The van der Waals surface area contributed by atoms with E-state index in [1.54, 1.807) is 13.2 Å². The summed E-state index contributed by atoms with van der Waals surface area (Å²) in [6.45, 7) is 2.08. The SMILES string of the molecule is COCC(Cl)CCNCc1cccc(Cl)c1Cl. The van der Waals surface area contributed by atoms with E-state index in [1.165, 1.54) is 0 Å². The van der Waals surface area contributed by atoms with Gasteiger partial charge in [-0.3, -0.25) is 0 Å². The van der Waals surface area contributed by atoms with Crippen molar-refractivity contribution in [2.45, 2.75) is 18.3 Å². The molecule has 0 saturated carbocycles. The van der Waals surface area contributed by atoms with Crippen molar-refractivity contribution < 1.29 is 4.74 Å². The predicted molar refractivity (Wildman–Crippen MR) is 74.3 cm³/mol. The first-order valence-corrected chi connectivity index (χ1v) is 6.61. The number of benzene rings is 1. The number of methoxy groups -OCH3 is 1. The molecular weight excluding hydrogens is 280 g/mol. The van der Waals surface area contributed by atoms with Crippen LogP contribution >= 0.6 is 34.8 Å². The maximum atomic E-state index is 6.07.